The molecule has 1 amide bonds. The molecule has 2 aromatic carbocycles. The molecule has 0 saturated carbocycles. The molecular weight excluding hydrogens is 456 g/mol. The molecule has 0 saturated heterocycles. The van der Waals surface area contributed by atoms with Crippen molar-refractivity contribution in [2.75, 3.05) is 25.0 Å². The maximum atomic E-state index is 12.9. The molecule has 0 heterocycles. The Morgan fingerprint density at radius 1 is 1.22 bits per heavy atom. The Morgan fingerprint density at radius 2 is 1.93 bits per heavy atom. The fraction of sp³-hybridized carbons (Fsp3) is 0.278. The van der Waals surface area contributed by atoms with Crippen LogP contribution in [0, 0.1) is 0 Å². The number of nitrogens with zero attached hydrogens (tertiary/aromatic N) is 1. The van der Waals surface area contributed by atoms with Gasteiger partial charge in [-0.3, -0.25) is 4.79 Å². The van der Waals surface area contributed by atoms with Crippen LogP contribution in [0.25, 0.3) is 0 Å². The van der Waals surface area contributed by atoms with Crippen molar-refractivity contribution in [3.8, 4) is 5.75 Å². The quantitative estimate of drug-likeness (QED) is 0.622. The molecule has 6 nitrogen and oxygen atoms in total. The Labute approximate surface area is 172 Å². The molecule has 2 rings (SSSR count). The van der Waals surface area contributed by atoms with Crippen LogP contribution in [0.5, 0.6) is 5.75 Å². The topological polar surface area (TPSA) is 75.7 Å². The van der Waals surface area contributed by atoms with Crippen LogP contribution in [0.15, 0.2) is 51.8 Å². The van der Waals surface area contributed by atoms with Gasteiger partial charge >= 0.3 is 0 Å². The van der Waals surface area contributed by atoms with Crippen molar-refractivity contribution >= 4 is 49.1 Å². The number of hydrogen-bond acceptors (Lipinski definition) is 4. The third kappa shape index (κ3) is 5.44. The fourth-order valence-corrected chi connectivity index (χ4v) is 4.46. The lowest BCUT2D eigenvalue weighted by molar-refractivity contribution is -0.116. The minimum Gasteiger partial charge on any atom is -0.492 e. The van der Waals surface area contributed by atoms with E-state index in [9.17, 15) is 13.2 Å². The summed E-state index contributed by atoms with van der Waals surface area (Å²) in [6, 6.07) is 11.4. The van der Waals surface area contributed by atoms with Gasteiger partial charge in [0.2, 0.25) is 15.9 Å². The van der Waals surface area contributed by atoms with E-state index in [2.05, 4.69) is 21.2 Å². The molecule has 0 spiro atoms. The summed E-state index contributed by atoms with van der Waals surface area (Å²) in [5.41, 5.74) is 0.570. The minimum atomic E-state index is -3.88. The first-order valence-electron chi connectivity index (χ1n) is 8.26. The van der Waals surface area contributed by atoms with Gasteiger partial charge in [0.05, 0.1) is 28.8 Å². The van der Waals surface area contributed by atoms with Crippen molar-refractivity contribution in [2.24, 2.45) is 0 Å². The number of likely N-dealkylation sites (N-methyl/N-ethyl adjacent to an activating group) is 1. The van der Waals surface area contributed by atoms with Crippen LogP contribution in [0.3, 0.4) is 0 Å². The van der Waals surface area contributed by atoms with Gasteiger partial charge in [-0.05, 0) is 53.2 Å². The van der Waals surface area contributed by atoms with E-state index < -0.39 is 15.9 Å². The summed E-state index contributed by atoms with van der Waals surface area (Å²) in [6.07, 6.45) is 0. The van der Waals surface area contributed by atoms with Crippen LogP contribution in [0.2, 0.25) is 5.02 Å². The standard InChI is InChI=1S/C18H20BrClN2O4S/c1-3-22(12-18(23)21-16-8-6-5-7-14(16)19)27(24,25)13-9-10-17(26-4-2)15(20)11-13/h5-11H,3-4,12H2,1-2H3,(H,21,23). The van der Waals surface area contributed by atoms with E-state index in [0.29, 0.717) is 22.5 Å². The van der Waals surface area contributed by atoms with E-state index in [1.165, 1.54) is 18.2 Å². The summed E-state index contributed by atoms with van der Waals surface area (Å²) < 4.78 is 32.9. The summed E-state index contributed by atoms with van der Waals surface area (Å²) in [5, 5.41) is 2.90. The number of carbonyl (C=O) groups is 1. The number of para-hydroxylation sites is 1. The highest BCUT2D eigenvalue weighted by Crippen LogP contribution is 2.29. The number of anilines is 1. The largest absolute Gasteiger partial charge is 0.492 e. The molecule has 27 heavy (non-hydrogen) atoms. The number of sulfonamides is 1. The molecule has 0 bridgehead atoms. The minimum absolute atomic E-state index is 0.00601. The monoisotopic (exact) mass is 474 g/mol. The predicted octanol–water partition coefficient (Wildman–Crippen LogP) is 4.15. The molecule has 0 aliphatic carbocycles. The molecule has 0 unspecified atom stereocenters. The Kier molecular flexibility index (Phi) is 7.67. The maximum Gasteiger partial charge on any atom is 0.243 e. The highest BCUT2D eigenvalue weighted by atomic mass is 79.9. The van der Waals surface area contributed by atoms with Crippen molar-refractivity contribution in [1.82, 2.24) is 4.31 Å². The number of carbonyl (C=O) groups excluding carboxylic acids is 1. The summed E-state index contributed by atoms with van der Waals surface area (Å²) in [4.78, 5) is 12.3. The molecule has 1 N–H and O–H groups in total. The first-order valence-corrected chi connectivity index (χ1v) is 10.9. The molecule has 0 aliphatic rings. The zero-order valence-electron chi connectivity index (χ0n) is 14.9. The third-order valence-corrected chi connectivity index (χ3v) is 6.57. The lowest BCUT2D eigenvalue weighted by atomic mass is 10.3. The fourth-order valence-electron chi connectivity index (χ4n) is 2.34. The Hall–Kier alpha value is -1.61. The smallest absolute Gasteiger partial charge is 0.243 e. The van der Waals surface area contributed by atoms with E-state index in [0.717, 1.165) is 4.31 Å². The molecule has 146 valence electrons. The van der Waals surface area contributed by atoms with Gasteiger partial charge in [-0.1, -0.05) is 30.7 Å². The van der Waals surface area contributed by atoms with E-state index in [4.69, 9.17) is 16.3 Å². The van der Waals surface area contributed by atoms with Gasteiger partial charge in [0.15, 0.2) is 0 Å². The summed E-state index contributed by atoms with van der Waals surface area (Å²) >= 11 is 9.44. The van der Waals surface area contributed by atoms with Gasteiger partial charge in [-0.15, -0.1) is 0 Å². The highest BCUT2D eigenvalue weighted by molar-refractivity contribution is 9.10. The normalized spacial score (nSPS) is 11.4. The maximum absolute atomic E-state index is 12.9. The second kappa shape index (κ2) is 9.54. The zero-order valence-corrected chi connectivity index (χ0v) is 18.1. The van der Waals surface area contributed by atoms with Gasteiger partial charge < -0.3 is 10.1 Å². The molecule has 0 atom stereocenters. The number of hydrogen-bond donors (Lipinski definition) is 1. The summed E-state index contributed by atoms with van der Waals surface area (Å²) in [7, 11) is -3.88. The van der Waals surface area contributed by atoms with Gasteiger partial charge in [-0.25, -0.2) is 8.42 Å². The van der Waals surface area contributed by atoms with Crippen molar-refractivity contribution in [1.29, 1.82) is 0 Å². The highest BCUT2D eigenvalue weighted by Gasteiger charge is 2.26. The van der Waals surface area contributed by atoms with E-state index in [1.54, 1.807) is 25.1 Å². The molecular formula is C18H20BrClN2O4S. The lowest BCUT2D eigenvalue weighted by Gasteiger charge is -2.20. The van der Waals surface area contributed by atoms with E-state index in [-0.39, 0.29) is 23.0 Å². The average molecular weight is 476 g/mol. The number of amides is 1. The van der Waals surface area contributed by atoms with E-state index in [1.807, 2.05) is 13.0 Å². The second-order valence-corrected chi connectivity index (χ2v) is 8.68. The number of halogens is 2. The predicted molar refractivity (Wildman–Crippen MR) is 110 cm³/mol. The lowest BCUT2D eigenvalue weighted by Crippen LogP contribution is -2.37. The number of ether oxygens (including phenoxy) is 1. The number of benzene rings is 2. The van der Waals surface area contributed by atoms with Crippen LogP contribution in [-0.4, -0.2) is 38.3 Å². The first-order chi connectivity index (χ1) is 12.8. The SMILES string of the molecule is CCOc1ccc(S(=O)(=O)N(CC)CC(=O)Nc2ccccc2Br)cc1Cl. The van der Waals surface area contributed by atoms with Gasteiger partial charge in [-0.2, -0.15) is 4.31 Å². The van der Waals surface area contributed by atoms with Gasteiger partial charge in [0.25, 0.3) is 0 Å². The summed E-state index contributed by atoms with van der Waals surface area (Å²) in [6.45, 7) is 3.71. The molecule has 2 aromatic rings. The molecule has 0 radical (unpaired) electrons. The van der Waals surface area contributed by atoms with Gasteiger partial charge in [0, 0.05) is 11.0 Å². The van der Waals surface area contributed by atoms with Crippen LogP contribution < -0.4 is 10.1 Å². The number of rotatable bonds is 8. The average Bonchev–Trinajstić information content (AvgIpc) is 2.63. The molecule has 0 aromatic heterocycles. The Morgan fingerprint density at radius 3 is 2.52 bits per heavy atom. The molecule has 9 heteroatoms. The Bertz CT molecular complexity index is 921. The van der Waals surface area contributed by atoms with Crippen LogP contribution >= 0.6 is 27.5 Å². The Balaban J connectivity index is 2.18. The van der Waals surface area contributed by atoms with Crippen LogP contribution in [-0.2, 0) is 14.8 Å². The van der Waals surface area contributed by atoms with E-state index >= 15 is 0 Å². The second-order valence-electron chi connectivity index (χ2n) is 5.48. The van der Waals surface area contributed by atoms with Crippen molar-refractivity contribution < 1.29 is 17.9 Å². The van der Waals surface area contributed by atoms with Crippen molar-refractivity contribution in [3.05, 3.63) is 52.0 Å². The van der Waals surface area contributed by atoms with Gasteiger partial charge in [0.1, 0.15) is 5.75 Å². The van der Waals surface area contributed by atoms with Crippen molar-refractivity contribution in [2.45, 2.75) is 18.7 Å². The number of nitrogens with one attached hydrogen (secondary N) is 1. The van der Waals surface area contributed by atoms with Crippen LogP contribution in [0.4, 0.5) is 5.69 Å². The molecule has 0 aliphatic heterocycles. The van der Waals surface area contributed by atoms with Crippen LogP contribution in [0.1, 0.15) is 13.8 Å². The molecule has 0 fully saturated rings. The summed E-state index contributed by atoms with van der Waals surface area (Å²) in [5.74, 6) is -0.0304. The third-order valence-electron chi connectivity index (χ3n) is 3.66. The zero-order chi connectivity index (χ0) is 20.0. The van der Waals surface area contributed by atoms with Crippen molar-refractivity contribution in [3.63, 3.8) is 0 Å². The first kappa shape index (κ1) is 21.7.